The van der Waals surface area contributed by atoms with Crippen molar-refractivity contribution in [2.24, 2.45) is 0 Å². The van der Waals surface area contributed by atoms with Crippen LogP contribution in [0.25, 0.3) is 28.5 Å². The van der Waals surface area contributed by atoms with E-state index in [1.54, 1.807) is 14.0 Å². The molecule has 0 saturated heterocycles. The molecule has 0 aromatic heterocycles. The van der Waals surface area contributed by atoms with Crippen molar-refractivity contribution in [2.75, 3.05) is 7.11 Å². The summed E-state index contributed by atoms with van der Waals surface area (Å²) in [6.45, 7) is 10.3. The Balaban J connectivity index is 1.72. The predicted octanol–water partition coefficient (Wildman–Crippen LogP) is 8.55. The van der Waals surface area contributed by atoms with Crippen molar-refractivity contribution in [1.82, 2.24) is 5.32 Å². The first-order valence-corrected chi connectivity index (χ1v) is 13.7. The Bertz CT molecular complexity index is 1380. The molecular formula is C34H39NO3. The molecule has 1 atom stereocenters. The van der Waals surface area contributed by atoms with Crippen LogP contribution in [0.5, 0.6) is 11.5 Å². The Kier molecular flexibility index (Phi) is 8.73. The minimum absolute atomic E-state index is 0.0287. The van der Waals surface area contributed by atoms with Crippen LogP contribution >= 0.6 is 0 Å². The van der Waals surface area contributed by atoms with Gasteiger partial charge in [-0.25, -0.2) is 0 Å². The highest BCUT2D eigenvalue weighted by molar-refractivity contribution is 5.96. The Labute approximate surface area is 227 Å². The van der Waals surface area contributed by atoms with Crippen molar-refractivity contribution < 1.29 is 14.3 Å². The summed E-state index contributed by atoms with van der Waals surface area (Å²) in [5.41, 5.74) is 9.84. The standard InChI is InChI=1S/C34H39NO3/c1-7-11-27(8-2)38-33-17-15-26(19-31(33)32-21-35-32)30-13-10-12-25(28(30)9-3)18-22(4)29-16-14-24(23(5)36)20-34(29)37-6/h10,12-21,27,35H,7-9,11H2,1-6H3/b22-18+. The first-order valence-electron chi connectivity index (χ1n) is 13.7. The number of hydrogen-bond acceptors (Lipinski definition) is 4. The molecule has 38 heavy (non-hydrogen) atoms. The lowest BCUT2D eigenvalue weighted by atomic mass is 9.91. The fourth-order valence-electron chi connectivity index (χ4n) is 5.00. The van der Waals surface area contributed by atoms with Crippen LogP contribution in [0.1, 0.15) is 86.5 Å². The van der Waals surface area contributed by atoms with Gasteiger partial charge < -0.3 is 14.8 Å². The van der Waals surface area contributed by atoms with E-state index in [1.807, 2.05) is 24.4 Å². The van der Waals surface area contributed by atoms with E-state index in [4.69, 9.17) is 9.47 Å². The summed E-state index contributed by atoms with van der Waals surface area (Å²) in [6.07, 6.45) is 8.54. The average Bonchev–Trinajstić information content (AvgIpc) is 3.78. The van der Waals surface area contributed by atoms with Crippen LogP contribution in [0.3, 0.4) is 0 Å². The number of nitrogens with one attached hydrogen (secondary N) is 1. The zero-order valence-electron chi connectivity index (χ0n) is 23.5. The van der Waals surface area contributed by atoms with Crippen molar-refractivity contribution in [3.05, 3.63) is 88.6 Å². The number of rotatable bonds is 12. The van der Waals surface area contributed by atoms with E-state index in [2.05, 4.69) is 75.5 Å². The van der Waals surface area contributed by atoms with Gasteiger partial charge in [-0.3, -0.25) is 4.79 Å². The molecule has 3 aromatic carbocycles. The smallest absolute Gasteiger partial charge is 0.159 e. The molecule has 1 N–H and O–H groups in total. The van der Waals surface area contributed by atoms with Crippen molar-refractivity contribution in [3.63, 3.8) is 0 Å². The van der Waals surface area contributed by atoms with Gasteiger partial charge in [0.25, 0.3) is 0 Å². The van der Waals surface area contributed by atoms with Crippen LogP contribution in [-0.2, 0) is 6.42 Å². The summed E-state index contributed by atoms with van der Waals surface area (Å²) in [5, 5.41) is 3.27. The number of allylic oxidation sites excluding steroid dienone is 1. The summed E-state index contributed by atoms with van der Waals surface area (Å²) < 4.78 is 12.1. The molecule has 3 aromatic rings. The summed E-state index contributed by atoms with van der Waals surface area (Å²) in [7, 11) is 1.65. The minimum atomic E-state index is 0.0287. The summed E-state index contributed by atoms with van der Waals surface area (Å²) in [5.74, 6) is 1.68. The lowest BCUT2D eigenvalue weighted by molar-refractivity contribution is 0.101. The number of hydrogen-bond donors (Lipinski definition) is 1. The molecule has 1 heterocycles. The molecule has 0 radical (unpaired) electrons. The molecule has 0 bridgehead atoms. The number of methoxy groups -OCH3 is 1. The third-order valence-electron chi connectivity index (χ3n) is 7.20. The summed E-state index contributed by atoms with van der Waals surface area (Å²) in [6, 6.07) is 18.7. The molecular weight excluding hydrogens is 470 g/mol. The lowest BCUT2D eigenvalue weighted by Gasteiger charge is -2.20. The molecule has 0 amide bonds. The van der Waals surface area contributed by atoms with Gasteiger partial charge in [-0.1, -0.05) is 69.7 Å². The van der Waals surface area contributed by atoms with E-state index in [1.165, 1.54) is 22.3 Å². The van der Waals surface area contributed by atoms with Gasteiger partial charge >= 0.3 is 0 Å². The zero-order valence-corrected chi connectivity index (χ0v) is 23.5. The Morgan fingerprint density at radius 1 is 0.974 bits per heavy atom. The summed E-state index contributed by atoms with van der Waals surface area (Å²) in [4.78, 5) is 11.8. The van der Waals surface area contributed by atoms with Gasteiger partial charge in [0.05, 0.1) is 18.9 Å². The van der Waals surface area contributed by atoms with Gasteiger partial charge in [-0.2, -0.15) is 0 Å². The van der Waals surface area contributed by atoms with Crippen LogP contribution in [0, 0.1) is 0 Å². The van der Waals surface area contributed by atoms with Crippen LogP contribution in [0.15, 0.2) is 60.8 Å². The molecule has 198 valence electrons. The monoisotopic (exact) mass is 509 g/mol. The Morgan fingerprint density at radius 3 is 2.39 bits per heavy atom. The van der Waals surface area contributed by atoms with Gasteiger partial charge in [0, 0.05) is 22.9 Å². The fourth-order valence-corrected chi connectivity index (χ4v) is 5.00. The fraction of sp³-hybridized carbons (Fsp3) is 0.324. The minimum Gasteiger partial charge on any atom is -0.496 e. The molecule has 0 fully saturated rings. The maximum absolute atomic E-state index is 11.8. The SMILES string of the molecule is CCCC(CC)Oc1ccc(-c2cccc(/C=C(\C)c3ccc(C(C)=O)cc3OC)c2CC)cc1C1=CN1. The molecule has 4 nitrogen and oxygen atoms in total. The first-order chi connectivity index (χ1) is 18.4. The topological polar surface area (TPSA) is 57.5 Å². The number of ketones is 1. The molecule has 1 unspecified atom stereocenters. The van der Waals surface area contributed by atoms with Crippen molar-refractivity contribution >= 4 is 23.1 Å². The number of carbonyl (C=O) groups excluding carboxylic acids is 1. The molecule has 4 rings (SSSR count). The second-order valence-electron chi connectivity index (χ2n) is 9.88. The number of carbonyl (C=O) groups is 1. The highest BCUT2D eigenvalue weighted by atomic mass is 16.5. The van der Waals surface area contributed by atoms with E-state index in [0.717, 1.165) is 53.8 Å². The third kappa shape index (κ3) is 6.02. The normalized spacial score (nSPS) is 13.4. The quantitative estimate of drug-likeness (QED) is 0.196. The predicted molar refractivity (Wildman–Crippen MR) is 159 cm³/mol. The van der Waals surface area contributed by atoms with Gasteiger partial charge in [0.1, 0.15) is 11.5 Å². The molecule has 0 spiro atoms. The molecule has 0 saturated carbocycles. The van der Waals surface area contributed by atoms with Gasteiger partial charge in [0.2, 0.25) is 0 Å². The zero-order chi connectivity index (χ0) is 27.2. The molecule has 1 aliphatic heterocycles. The average molecular weight is 510 g/mol. The van der Waals surface area contributed by atoms with Gasteiger partial charge in [-0.05, 0) is 79.1 Å². The van der Waals surface area contributed by atoms with Crippen LogP contribution in [0.4, 0.5) is 0 Å². The van der Waals surface area contributed by atoms with Gasteiger partial charge in [-0.15, -0.1) is 0 Å². The number of benzene rings is 3. The summed E-state index contributed by atoms with van der Waals surface area (Å²) >= 11 is 0. The maximum atomic E-state index is 11.8. The highest BCUT2D eigenvalue weighted by Gasteiger charge is 2.20. The lowest BCUT2D eigenvalue weighted by Crippen LogP contribution is -2.15. The molecule has 0 aliphatic carbocycles. The van der Waals surface area contributed by atoms with E-state index in [-0.39, 0.29) is 11.9 Å². The highest BCUT2D eigenvalue weighted by Crippen LogP contribution is 2.37. The maximum Gasteiger partial charge on any atom is 0.159 e. The third-order valence-corrected chi connectivity index (χ3v) is 7.20. The first kappa shape index (κ1) is 27.3. The van der Waals surface area contributed by atoms with E-state index in [9.17, 15) is 4.79 Å². The van der Waals surface area contributed by atoms with E-state index >= 15 is 0 Å². The van der Waals surface area contributed by atoms with Crippen molar-refractivity contribution in [3.8, 4) is 22.6 Å². The van der Waals surface area contributed by atoms with E-state index in [0.29, 0.717) is 11.3 Å². The van der Waals surface area contributed by atoms with Crippen molar-refractivity contribution in [1.29, 1.82) is 0 Å². The number of Topliss-reactive ketones (excluding diaryl/α,β-unsaturated/α-hetero) is 1. The van der Waals surface area contributed by atoms with Gasteiger partial charge in [0.15, 0.2) is 5.78 Å². The number of ether oxygens (including phenoxy) is 2. The Hall–Kier alpha value is -3.79. The Morgan fingerprint density at radius 2 is 1.76 bits per heavy atom. The second-order valence-corrected chi connectivity index (χ2v) is 9.88. The van der Waals surface area contributed by atoms with Crippen LogP contribution in [-0.4, -0.2) is 19.0 Å². The molecule has 4 heteroatoms. The molecule has 1 aliphatic rings. The van der Waals surface area contributed by atoms with E-state index < -0.39 is 0 Å². The largest absolute Gasteiger partial charge is 0.496 e. The van der Waals surface area contributed by atoms with Crippen LogP contribution < -0.4 is 14.8 Å². The second kappa shape index (κ2) is 12.2. The van der Waals surface area contributed by atoms with Crippen LogP contribution in [0.2, 0.25) is 0 Å². The van der Waals surface area contributed by atoms with Crippen molar-refractivity contribution in [2.45, 2.75) is 66.4 Å².